The van der Waals surface area contributed by atoms with Crippen molar-refractivity contribution in [3.63, 3.8) is 0 Å². The predicted molar refractivity (Wildman–Crippen MR) is 143 cm³/mol. The quantitative estimate of drug-likeness (QED) is 0.156. The summed E-state index contributed by atoms with van der Waals surface area (Å²) in [5.41, 5.74) is 1.99. The fraction of sp³-hybridized carbons (Fsp3) is 0.154. The summed E-state index contributed by atoms with van der Waals surface area (Å²) in [6.45, 7) is 2.44. The first-order valence-corrected chi connectivity index (χ1v) is 12.6. The molecule has 11 heteroatoms. The number of halogens is 2. The molecule has 190 valence electrons. The molecule has 0 N–H and O–H groups in total. The largest absolute Gasteiger partial charge is 0.490 e. The molecule has 1 saturated heterocycles. The van der Waals surface area contributed by atoms with Crippen LogP contribution >= 0.6 is 35.0 Å². The van der Waals surface area contributed by atoms with Gasteiger partial charge in [-0.2, -0.15) is 0 Å². The van der Waals surface area contributed by atoms with Crippen LogP contribution in [0.3, 0.4) is 0 Å². The lowest BCUT2D eigenvalue weighted by Crippen LogP contribution is -2.27. The molecule has 0 unspecified atom stereocenters. The maximum absolute atomic E-state index is 13.0. The third kappa shape index (κ3) is 6.43. The molecule has 0 spiro atoms. The van der Waals surface area contributed by atoms with Crippen molar-refractivity contribution in [1.82, 2.24) is 4.90 Å². The van der Waals surface area contributed by atoms with Gasteiger partial charge < -0.3 is 9.47 Å². The summed E-state index contributed by atoms with van der Waals surface area (Å²) < 4.78 is 11.6. The van der Waals surface area contributed by atoms with Gasteiger partial charge in [-0.3, -0.25) is 24.6 Å². The number of carbonyl (C=O) groups excluding carboxylic acids is 2. The zero-order chi connectivity index (χ0) is 26.5. The third-order valence-electron chi connectivity index (χ3n) is 5.29. The number of benzene rings is 3. The third-order valence-corrected chi connectivity index (χ3v) is 6.73. The highest BCUT2D eigenvalue weighted by molar-refractivity contribution is 8.18. The first-order chi connectivity index (χ1) is 17.7. The highest BCUT2D eigenvalue weighted by atomic mass is 35.5. The van der Waals surface area contributed by atoms with Crippen LogP contribution in [0.4, 0.5) is 10.5 Å². The standard InChI is InChI=1S/C26H20Cl2N2O6S/c1-2-35-22-12-18(11-21(28)24(22)36-15-17-3-7-19(27)8-4-17)13-23-25(31)29(26(32)37-23)14-16-5-9-20(10-6-16)30(33)34/h3-13H,2,14-15H2,1H3. The Balaban J connectivity index is 1.52. The molecule has 0 aliphatic carbocycles. The van der Waals surface area contributed by atoms with E-state index in [1.165, 1.54) is 24.3 Å². The molecule has 8 nitrogen and oxygen atoms in total. The second-order valence-electron chi connectivity index (χ2n) is 7.87. The van der Waals surface area contributed by atoms with Gasteiger partial charge in [0.1, 0.15) is 6.61 Å². The minimum absolute atomic E-state index is 0.00241. The van der Waals surface area contributed by atoms with E-state index in [1.807, 2.05) is 19.1 Å². The molecule has 0 atom stereocenters. The number of hydrogen-bond donors (Lipinski definition) is 0. The second-order valence-corrected chi connectivity index (χ2v) is 9.71. The number of nitrogens with zero attached hydrogens (tertiary/aromatic N) is 2. The molecular formula is C26H20Cl2N2O6S. The molecule has 1 heterocycles. The first-order valence-electron chi connectivity index (χ1n) is 11.1. The predicted octanol–water partition coefficient (Wildman–Crippen LogP) is 7.12. The minimum atomic E-state index is -0.512. The molecule has 2 amide bonds. The van der Waals surface area contributed by atoms with E-state index in [0.29, 0.717) is 34.3 Å². The van der Waals surface area contributed by atoms with Gasteiger partial charge in [-0.15, -0.1) is 0 Å². The molecular weight excluding hydrogens is 539 g/mol. The van der Waals surface area contributed by atoms with Crippen molar-refractivity contribution >= 4 is 57.9 Å². The summed E-state index contributed by atoms with van der Waals surface area (Å²) in [5.74, 6) is 0.299. The number of rotatable bonds is 9. The Labute approximate surface area is 226 Å². The lowest BCUT2D eigenvalue weighted by Gasteiger charge is -2.15. The van der Waals surface area contributed by atoms with Crippen molar-refractivity contribution in [2.45, 2.75) is 20.1 Å². The van der Waals surface area contributed by atoms with Gasteiger partial charge in [0.15, 0.2) is 11.5 Å². The average molecular weight is 559 g/mol. The van der Waals surface area contributed by atoms with E-state index in [0.717, 1.165) is 22.2 Å². The SMILES string of the molecule is CCOc1cc(C=C2SC(=O)N(Cc3ccc([N+](=O)[O-])cc3)C2=O)cc(Cl)c1OCc1ccc(Cl)cc1. The summed E-state index contributed by atoms with van der Waals surface area (Å²) in [4.78, 5) is 37.1. The van der Waals surface area contributed by atoms with Crippen LogP contribution in [0.5, 0.6) is 11.5 Å². The van der Waals surface area contributed by atoms with E-state index in [9.17, 15) is 19.7 Å². The number of nitro benzene ring substituents is 1. The van der Waals surface area contributed by atoms with Gasteiger partial charge in [-0.25, -0.2) is 0 Å². The van der Waals surface area contributed by atoms with Gasteiger partial charge in [-0.1, -0.05) is 47.5 Å². The number of carbonyl (C=O) groups is 2. The molecule has 1 aliphatic rings. The zero-order valence-corrected chi connectivity index (χ0v) is 21.8. The van der Waals surface area contributed by atoms with Gasteiger partial charge in [0.05, 0.1) is 28.0 Å². The molecule has 3 aromatic carbocycles. The molecule has 4 rings (SSSR count). The number of imide groups is 1. The van der Waals surface area contributed by atoms with E-state index in [-0.39, 0.29) is 28.8 Å². The Morgan fingerprint density at radius 1 is 1.00 bits per heavy atom. The van der Waals surface area contributed by atoms with Crippen LogP contribution in [0.15, 0.2) is 65.6 Å². The van der Waals surface area contributed by atoms with E-state index < -0.39 is 16.1 Å². The molecule has 1 fully saturated rings. The number of nitro groups is 1. The van der Waals surface area contributed by atoms with Gasteiger partial charge in [0.2, 0.25) is 0 Å². The van der Waals surface area contributed by atoms with Crippen LogP contribution in [0.1, 0.15) is 23.6 Å². The molecule has 0 saturated carbocycles. The molecule has 37 heavy (non-hydrogen) atoms. The molecule has 0 bridgehead atoms. The van der Waals surface area contributed by atoms with Gasteiger partial charge in [0, 0.05) is 17.2 Å². The zero-order valence-electron chi connectivity index (χ0n) is 19.5. The Bertz CT molecular complexity index is 1380. The van der Waals surface area contributed by atoms with Crippen molar-refractivity contribution in [2.75, 3.05) is 6.61 Å². The van der Waals surface area contributed by atoms with Gasteiger partial charge >= 0.3 is 0 Å². The van der Waals surface area contributed by atoms with Crippen LogP contribution in [-0.4, -0.2) is 27.6 Å². The van der Waals surface area contributed by atoms with Crippen LogP contribution in [-0.2, 0) is 17.9 Å². The molecule has 1 aliphatic heterocycles. The summed E-state index contributed by atoms with van der Waals surface area (Å²) in [6.07, 6.45) is 1.57. The average Bonchev–Trinajstić information content (AvgIpc) is 3.12. The maximum Gasteiger partial charge on any atom is 0.293 e. The minimum Gasteiger partial charge on any atom is -0.490 e. The monoisotopic (exact) mass is 558 g/mol. The highest BCUT2D eigenvalue weighted by Gasteiger charge is 2.35. The summed E-state index contributed by atoms with van der Waals surface area (Å²) in [6, 6.07) is 16.2. The molecule has 0 aromatic heterocycles. The topological polar surface area (TPSA) is 99.0 Å². The summed E-state index contributed by atoms with van der Waals surface area (Å²) in [5, 5.41) is 11.3. The number of amides is 2. The lowest BCUT2D eigenvalue weighted by atomic mass is 10.1. The Morgan fingerprint density at radius 2 is 1.68 bits per heavy atom. The van der Waals surface area contributed by atoms with E-state index in [4.69, 9.17) is 32.7 Å². The summed E-state index contributed by atoms with van der Waals surface area (Å²) in [7, 11) is 0. The van der Waals surface area contributed by atoms with Crippen LogP contribution in [0.25, 0.3) is 6.08 Å². The first kappa shape index (κ1) is 26.5. The molecule has 0 radical (unpaired) electrons. The second kappa shape index (κ2) is 11.7. The van der Waals surface area contributed by atoms with E-state index in [2.05, 4.69) is 0 Å². The lowest BCUT2D eigenvalue weighted by molar-refractivity contribution is -0.384. The highest BCUT2D eigenvalue weighted by Crippen LogP contribution is 2.40. The molecule has 3 aromatic rings. The van der Waals surface area contributed by atoms with E-state index >= 15 is 0 Å². The number of thioether (sulfide) groups is 1. The number of hydrogen-bond acceptors (Lipinski definition) is 7. The van der Waals surface area contributed by atoms with Crippen molar-refractivity contribution in [3.05, 3.63) is 102 Å². The normalized spacial score (nSPS) is 14.4. The fourth-order valence-electron chi connectivity index (χ4n) is 3.50. The van der Waals surface area contributed by atoms with Crippen molar-refractivity contribution in [1.29, 1.82) is 0 Å². The van der Waals surface area contributed by atoms with Gasteiger partial charge in [-0.05, 0) is 65.7 Å². The van der Waals surface area contributed by atoms with Crippen molar-refractivity contribution < 1.29 is 24.0 Å². The fourth-order valence-corrected chi connectivity index (χ4v) is 4.74. The van der Waals surface area contributed by atoms with Crippen molar-refractivity contribution in [2.24, 2.45) is 0 Å². The van der Waals surface area contributed by atoms with Crippen LogP contribution < -0.4 is 9.47 Å². The van der Waals surface area contributed by atoms with Crippen LogP contribution in [0, 0.1) is 10.1 Å². The Kier molecular flexibility index (Phi) is 8.38. The van der Waals surface area contributed by atoms with Gasteiger partial charge in [0.25, 0.3) is 16.8 Å². The van der Waals surface area contributed by atoms with Crippen LogP contribution in [0.2, 0.25) is 10.0 Å². The maximum atomic E-state index is 13.0. The van der Waals surface area contributed by atoms with Crippen molar-refractivity contribution in [3.8, 4) is 11.5 Å². The Hall–Kier alpha value is -3.53. The van der Waals surface area contributed by atoms with E-state index in [1.54, 1.807) is 30.3 Å². The number of ether oxygens (including phenoxy) is 2. The smallest absolute Gasteiger partial charge is 0.293 e. The summed E-state index contributed by atoms with van der Waals surface area (Å²) >= 11 is 13.3. The number of non-ortho nitro benzene ring substituents is 1. The Morgan fingerprint density at radius 3 is 2.32 bits per heavy atom.